The average molecular weight is 298 g/mol. The standard InChI is InChI=1S/C14H20ClN3O2/c1-3-16-12-7-10(11(15)8-17-12)13(19)18-6-4-5-14(2,20)9-18/h7-8,20H,3-6,9H2,1-2H3,(H,16,17). The van der Waals surface area contributed by atoms with Crippen LogP contribution in [0.2, 0.25) is 5.02 Å². The van der Waals surface area contributed by atoms with Gasteiger partial charge < -0.3 is 15.3 Å². The third-order valence-corrected chi connectivity index (χ3v) is 3.71. The van der Waals surface area contributed by atoms with E-state index in [0.29, 0.717) is 35.9 Å². The number of nitrogens with zero attached hydrogens (tertiary/aromatic N) is 2. The first-order valence-corrected chi connectivity index (χ1v) is 7.22. The number of rotatable bonds is 3. The molecule has 2 rings (SSSR count). The van der Waals surface area contributed by atoms with Crippen LogP contribution in [0.1, 0.15) is 37.0 Å². The molecule has 0 spiro atoms. The largest absolute Gasteiger partial charge is 0.388 e. The lowest BCUT2D eigenvalue weighted by molar-refractivity contribution is -0.0107. The van der Waals surface area contributed by atoms with Crippen molar-refractivity contribution in [3.8, 4) is 0 Å². The van der Waals surface area contributed by atoms with E-state index < -0.39 is 5.60 Å². The van der Waals surface area contributed by atoms with E-state index in [1.54, 1.807) is 17.9 Å². The van der Waals surface area contributed by atoms with Crippen LogP contribution in [0.3, 0.4) is 0 Å². The minimum Gasteiger partial charge on any atom is -0.388 e. The van der Waals surface area contributed by atoms with Crippen molar-refractivity contribution in [3.63, 3.8) is 0 Å². The third-order valence-electron chi connectivity index (χ3n) is 3.41. The zero-order valence-electron chi connectivity index (χ0n) is 11.8. The van der Waals surface area contributed by atoms with E-state index in [2.05, 4.69) is 10.3 Å². The van der Waals surface area contributed by atoms with Crippen LogP contribution in [0, 0.1) is 0 Å². The number of β-amino-alcohol motifs (C(OH)–C–C–N with tert-alkyl or cyclic N) is 1. The number of halogens is 1. The molecule has 20 heavy (non-hydrogen) atoms. The van der Waals surface area contributed by atoms with Gasteiger partial charge in [0.15, 0.2) is 0 Å². The molecule has 5 nitrogen and oxygen atoms in total. The van der Waals surface area contributed by atoms with E-state index in [1.165, 1.54) is 6.20 Å². The van der Waals surface area contributed by atoms with Gasteiger partial charge in [0, 0.05) is 25.8 Å². The Bertz CT molecular complexity index is 505. The maximum Gasteiger partial charge on any atom is 0.255 e. The van der Waals surface area contributed by atoms with Crippen LogP contribution in [0.5, 0.6) is 0 Å². The minimum atomic E-state index is -0.822. The number of nitrogens with one attached hydrogen (secondary N) is 1. The van der Waals surface area contributed by atoms with Gasteiger partial charge in [-0.2, -0.15) is 0 Å². The Morgan fingerprint density at radius 2 is 2.40 bits per heavy atom. The van der Waals surface area contributed by atoms with Crippen LogP contribution in [-0.2, 0) is 0 Å². The van der Waals surface area contributed by atoms with Crippen LogP contribution in [0.25, 0.3) is 0 Å². The summed E-state index contributed by atoms with van der Waals surface area (Å²) in [4.78, 5) is 18.3. The second kappa shape index (κ2) is 5.97. The van der Waals surface area contributed by atoms with Crippen LogP contribution < -0.4 is 5.32 Å². The predicted octanol–water partition coefficient (Wildman–Crippen LogP) is 2.15. The van der Waals surface area contributed by atoms with Gasteiger partial charge in [0.1, 0.15) is 5.82 Å². The van der Waals surface area contributed by atoms with Crippen LogP contribution >= 0.6 is 11.6 Å². The lowest BCUT2D eigenvalue weighted by Crippen LogP contribution is -2.48. The van der Waals surface area contributed by atoms with Gasteiger partial charge in [-0.3, -0.25) is 4.79 Å². The van der Waals surface area contributed by atoms with Crippen molar-refractivity contribution in [2.24, 2.45) is 0 Å². The number of anilines is 1. The van der Waals surface area contributed by atoms with Gasteiger partial charge >= 0.3 is 0 Å². The number of carbonyl (C=O) groups is 1. The second-order valence-corrected chi connectivity index (χ2v) is 5.81. The van der Waals surface area contributed by atoms with E-state index in [-0.39, 0.29) is 5.91 Å². The molecule has 110 valence electrons. The average Bonchev–Trinajstić information content (AvgIpc) is 2.39. The smallest absolute Gasteiger partial charge is 0.255 e. The summed E-state index contributed by atoms with van der Waals surface area (Å²) in [5.74, 6) is 0.473. The van der Waals surface area contributed by atoms with E-state index in [0.717, 1.165) is 13.0 Å². The molecule has 1 aromatic heterocycles. The molecule has 0 saturated carbocycles. The van der Waals surface area contributed by atoms with Gasteiger partial charge in [0.25, 0.3) is 5.91 Å². The lowest BCUT2D eigenvalue weighted by Gasteiger charge is -2.37. The molecule has 2 N–H and O–H groups in total. The summed E-state index contributed by atoms with van der Waals surface area (Å²) >= 11 is 6.08. The van der Waals surface area contributed by atoms with Crippen LogP contribution in [0.15, 0.2) is 12.3 Å². The minimum absolute atomic E-state index is 0.156. The molecule has 1 fully saturated rings. The number of carbonyl (C=O) groups excluding carboxylic acids is 1. The molecule has 1 amide bonds. The Morgan fingerprint density at radius 3 is 3.05 bits per heavy atom. The molecular weight excluding hydrogens is 278 g/mol. The quantitative estimate of drug-likeness (QED) is 0.897. The normalized spacial score (nSPS) is 22.7. The highest BCUT2D eigenvalue weighted by Gasteiger charge is 2.32. The molecule has 2 heterocycles. The molecule has 1 aromatic rings. The molecule has 0 bridgehead atoms. The molecular formula is C14H20ClN3O2. The molecule has 0 aliphatic carbocycles. The number of hydrogen-bond donors (Lipinski definition) is 2. The molecule has 1 atom stereocenters. The topological polar surface area (TPSA) is 65.5 Å². The molecule has 0 radical (unpaired) electrons. The predicted molar refractivity (Wildman–Crippen MR) is 79.2 cm³/mol. The summed E-state index contributed by atoms with van der Waals surface area (Å²) < 4.78 is 0. The first-order valence-electron chi connectivity index (χ1n) is 6.84. The highest BCUT2D eigenvalue weighted by molar-refractivity contribution is 6.33. The zero-order valence-corrected chi connectivity index (χ0v) is 12.6. The monoisotopic (exact) mass is 297 g/mol. The van der Waals surface area contributed by atoms with E-state index in [1.807, 2.05) is 6.92 Å². The van der Waals surface area contributed by atoms with Gasteiger partial charge in [0.05, 0.1) is 16.2 Å². The Hall–Kier alpha value is -1.33. The van der Waals surface area contributed by atoms with Gasteiger partial charge in [-0.25, -0.2) is 4.98 Å². The molecule has 0 aromatic carbocycles. The fraction of sp³-hybridized carbons (Fsp3) is 0.571. The van der Waals surface area contributed by atoms with Crippen molar-refractivity contribution in [1.82, 2.24) is 9.88 Å². The molecule has 1 aliphatic rings. The van der Waals surface area contributed by atoms with E-state index in [9.17, 15) is 9.90 Å². The number of aliphatic hydroxyl groups is 1. The van der Waals surface area contributed by atoms with E-state index in [4.69, 9.17) is 11.6 Å². The third kappa shape index (κ3) is 3.41. The van der Waals surface area contributed by atoms with Crippen molar-refractivity contribution >= 4 is 23.3 Å². The van der Waals surface area contributed by atoms with Crippen molar-refractivity contribution in [2.45, 2.75) is 32.3 Å². The first kappa shape index (κ1) is 15.1. The van der Waals surface area contributed by atoms with Crippen LogP contribution in [0.4, 0.5) is 5.82 Å². The molecule has 1 saturated heterocycles. The summed E-state index contributed by atoms with van der Waals surface area (Å²) in [7, 11) is 0. The first-order chi connectivity index (χ1) is 9.43. The summed E-state index contributed by atoms with van der Waals surface area (Å²) in [6.07, 6.45) is 2.99. The Kier molecular flexibility index (Phi) is 4.50. The Balaban J connectivity index is 2.21. The van der Waals surface area contributed by atoms with Gasteiger partial charge in [-0.15, -0.1) is 0 Å². The molecule has 6 heteroatoms. The van der Waals surface area contributed by atoms with Gasteiger partial charge in [-0.1, -0.05) is 11.6 Å². The maximum absolute atomic E-state index is 12.5. The zero-order chi connectivity index (χ0) is 14.8. The summed E-state index contributed by atoms with van der Waals surface area (Å²) in [5, 5.41) is 13.5. The van der Waals surface area contributed by atoms with Gasteiger partial charge in [0.2, 0.25) is 0 Å². The Labute approximate surface area is 123 Å². The van der Waals surface area contributed by atoms with E-state index >= 15 is 0 Å². The fourth-order valence-electron chi connectivity index (χ4n) is 2.44. The SMILES string of the molecule is CCNc1cc(C(=O)N2CCCC(C)(O)C2)c(Cl)cn1. The van der Waals surface area contributed by atoms with Gasteiger partial charge in [-0.05, 0) is 32.8 Å². The lowest BCUT2D eigenvalue weighted by atomic mass is 9.95. The van der Waals surface area contributed by atoms with Crippen LogP contribution in [-0.4, -0.2) is 46.1 Å². The number of piperidine rings is 1. The number of pyridine rings is 1. The van der Waals surface area contributed by atoms with Crippen molar-refractivity contribution in [1.29, 1.82) is 0 Å². The number of aromatic nitrogens is 1. The molecule has 1 aliphatic heterocycles. The van der Waals surface area contributed by atoms with Crippen molar-refractivity contribution in [2.75, 3.05) is 25.0 Å². The molecule has 1 unspecified atom stereocenters. The fourth-order valence-corrected chi connectivity index (χ4v) is 2.63. The summed E-state index contributed by atoms with van der Waals surface area (Å²) in [6, 6.07) is 1.66. The number of amides is 1. The highest BCUT2D eigenvalue weighted by atomic mass is 35.5. The Morgan fingerprint density at radius 1 is 1.65 bits per heavy atom. The second-order valence-electron chi connectivity index (χ2n) is 5.41. The van der Waals surface area contributed by atoms with Crippen molar-refractivity contribution in [3.05, 3.63) is 22.8 Å². The highest BCUT2D eigenvalue weighted by Crippen LogP contribution is 2.25. The van der Waals surface area contributed by atoms with Crippen molar-refractivity contribution < 1.29 is 9.90 Å². The maximum atomic E-state index is 12.5. The number of hydrogen-bond acceptors (Lipinski definition) is 4. The summed E-state index contributed by atoms with van der Waals surface area (Å²) in [5.41, 5.74) is -0.395. The summed E-state index contributed by atoms with van der Waals surface area (Å²) in [6.45, 7) is 5.41. The number of likely N-dealkylation sites (tertiary alicyclic amines) is 1.